The molecule has 1 unspecified atom stereocenters. The molecule has 1 saturated carbocycles. The van der Waals surface area contributed by atoms with Crippen LogP contribution in [-0.4, -0.2) is 37.6 Å². The number of hydrogen-bond acceptors (Lipinski definition) is 4. The topological polar surface area (TPSA) is 84.7 Å². The normalized spacial score (nSPS) is 18.8. The average molecular weight is 317 g/mol. The molecule has 2 aliphatic rings. The van der Waals surface area contributed by atoms with Crippen LogP contribution in [0.15, 0.2) is 24.3 Å². The summed E-state index contributed by atoms with van der Waals surface area (Å²) >= 11 is 0. The molecule has 1 aliphatic carbocycles. The second-order valence-corrected chi connectivity index (χ2v) is 6.24. The van der Waals surface area contributed by atoms with Crippen LogP contribution in [0.25, 0.3) is 0 Å². The number of ether oxygens (including phenoxy) is 1. The quantitative estimate of drug-likeness (QED) is 0.787. The highest BCUT2D eigenvalue weighted by Gasteiger charge is 2.28. The number of nitrogens with one attached hydrogen (secondary N) is 1. The molecule has 6 heteroatoms. The average Bonchev–Trinajstić information content (AvgIpc) is 3.32. The van der Waals surface area contributed by atoms with Crippen molar-refractivity contribution in [2.45, 2.75) is 31.7 Å². The van der Waals surface area contributed by atoms with Crippen molar-refractivity contribution >= 4 is 17.5 Å². The number of amides is 2. The van der Waals surface area contributed by atoms with Gasteiger partial charge in [-0.15, -0.1) is 0 Å². The molecule has 3 N–H and O–H groups in total. The van der Waals surface area contributed by atoms with Crippen LogP contribution in [0.1, 0.15) is 25.7 Å². The molecule has 1 aliphatic heterocycles. The fourth-order valence-electron chi connectivity index (χ4n) is 2.78. The van der Waals surface area contributed by atoms with Gasteiger partial charge in [-0.3, -0.25) is 9.59 Å². The van der Waals surface area contributed by atoms with E-state index in [9.17, 15) is 9.59 Å². The molecule has 1 atom stereocenters. The van der Waals surface area contributed by atoms with Crippen molar-refractivity contribution in [1.29, 1.82) is 0 Å². The summed E-state index contributed by atoms with van der Waals surface area (Å²) in [6, 6.07) is 7.34. The third kappa shape index (κ3) is 4.22. The van der Waals surface area contributed by atoms with Gasteiger partial charge < -0.3 is 20.7 Å². The molecule has 0 bridgehead atoms. The van der Waals surface area contributed by atoms with E-state index < -0.39 is 0 Å². The standard InChI is InChI=1S/C17H23N3O3/c18-15(12-6-7-12)10-19-16(21)11-23-14-4-1-3-13(9-14)20-8-2-5-17(20)22/h1,3-4,9,12,15H,2,5-8,10-11,18H2,(H,19,21). The molecule has 1 aromatic carbocycles. The maximum Gasteiger partial charge on any atom is 0.257 e. The van der Waals surface area contributed by atoms with Crippen molar-refractivity contribution in [2.24, 2.45) is 11.7 Å². The zero-order valence-electron chi connectivity index (χ0n) is 13.2. The molecule has 124 valence electrons. The Morgan fingerprint density at radius 1 is 1.43 bits per heavy atom. The lowest BCUT2D eigenvalue weighted by atomic mass is 10.2. The lowest BCUT2D eigenvalue weighted by Crippen LogP contribution is -2.40. The maximum absolute atomic E-state index is 11.8. The van der Waals surface area contributed by atoms with Crippen molar-refractivity contribution in [3.8, 4) is 5.75 Å². The third-order valence-corrected chi connectivity index (χ3v) is 4.34. The lowest BCUT2D eigenvalue weighted by Gasteiger charge is -2.17. The van der Waals surface area contributed by atoms with Crippen molar-refractivity contribution in [3.05, 3.63) is 24.3 Å². The van der Waals surface area contributed by atoms with Crippen LogP contribution in [0.4, 0.5) is 5.69 Å². The molecule has 1 heterocycles. The molecule has 0 radical (unpaired) electrons. The van der Waals surface area contributed by atoms with Crippen LogP contribution in [0.2, 0.25) is 0 Å². The molecule has 2 amide bonds. The fourth-order valence-corrected chi connectivity index (χ4v) is 2.78. The number of nitrogens with zero attached hydrogens (tertiary/aromatic N) is 1. The highest BCUT2D eigenvalue weighted by Crippen LogP contribution is 2.31. The number of rotatable bonds is 7. The van der Waals surface area contributed by atoms with E-state index in [4.69, 9.17) is 10.5 Å². The number of anilines is 1. The zero-order chi connectivity index (χ0) is 16.2. The SMILES string of the molecule is NC(CNC(=O)COc1cccc(N2CCCC2=O)c1)C1CC1. The number of nitrogens with two attached hydrogens (primary N) is 1. The number of carbonyl (C=O) groups excluding carboxylic acids is 2. The van der Waals surface area contributed by atoms with Gasteiger partial charge in [-0.2, -0.15) is 0 Å². The van der Waals surface area contributed by atoms with E-state index in [2.05, 4.69) is 5.32 Å². The molecule has 0 aromatic heterocycles. The van der Waals surface area contributed by atoms with E-state index in [0.29, 0.717) is 24.6 Å². The minimum absolute atomic E-state index is 0.0449. The van der Waals surface area contributed by atoms with Gasteiger partial charge in [-0.05, 0) is 37.3 Å². The van der Waals surface area contributed by atoms with Crippen LogP contribution >= 0.6 is 0 Å². The maximum atomic E-state index is 11.8. The first-order valence-electron chi connectivity index (χ1n) is 8.19. The van der Waals surface area contributed by atoms with Crippen LogP contribution in [0, 0.1) is 5.92 Å². The monoisotopic (exact) mass is 317 g/mol. The molecule has 6 nitrogen and oxygen atoms in total. The van der Waals surface area contributed by atoms with Gasteiger partial charge in [0.15, 0.2) is 6.61 Å². The van der Waals surface area contributed by atoms with Gasteiger partial charge in [0.2, 0.25) is 5.91 Å². The number of benzene rings is 1. The summed E-state index contributed by atoms with van der Waals surface area (Å²) < 4.78 is 5.52. The molecule has 3 rings (SSSR count). The van der Waals surface area contributed by atoms with E-state index in [1.807, 2.05) is 12.1 Å². The first-order valence-corrected chi connectivity index (χ1v) is 8.19. The van der Waals surface area contributed by atoms with Gasteiger partial charge in [0, 0.05) is 37.3 Å². The van der Waals surface area contributed by atoms with Gasteiger partial charge in [0.25, 0.3) is 5.91 Å². The van der Waals surface area contributed by atoms with Crippen molar-refractivity contribution in [3.63, 3.8) is 0 Å². The smallest absolute Gasteiger partial charge is 0.257 e. The first kappa shape index (κ1) is 15.8. The van der Waals surface area contributed by atoms with Crippen molar-refractivity contribution < 1.29 is 14.3 Å². The van der Waals surface area contributed by atoms with E-state index in [1.54, 1.807) is 17.0 Å². The Kier molecular flexibility index (Phi) is 4.81. The fraction of sp³-hybridized carbons (Fsp3) is 0.529. The van der Waals surface area contributed by atoms with E-state index in [0.717, 1.165) is 31.5 Å². The van der Waals surface area contributed by atoms with Gasteiger partial charge >= 0.3 is 0 Å². The second kappa shape index (κ2) is 7.00. The Labute approximate surface area is 136 Å². The Hall–Kier alpha value is -2.08. The van der Waals surface area contributed by atoms with Crippen molar-refractivity contribution in [1.82, 2.24) is 5.32 Å². The Balaban J connectivity index is 1.47. The van der Waals surface area contributed by atoms with Crippen molar-refractivity contribution in [2.75, 3.05) is 24.6 Å². The molecule has 2 fully saturated rings. The Morgan fingerprint density at radius 3 is 2.96 bits per heavy atom. The largest absolute Gasteiger partial charge is 0.484 e. The first-order chi connectivity index (χ1) is 11.1. The van der Waals surface area contributed by atoms with E-state index >= 15 is 0 Å². The lowest BCUT2D eigenvalue weighted by molar-refractivity contribution is -0.123. The van der Waals surface area contributed by atoms with E-state index in [-0.39, 0.29) is 24.5 Å². The third-order valence-electron chi connectivity index (χ3n) is 4.34. The summed E-state index contributed by atoms with van der Waals surface area (Å²) in [7, 11) is 0. The van der Waals surface area contributed by atoms with Gasteiger partial charge in [0.1, 0.15) is 5.75 Å². The summed E-state index contributed by atoms with van der Waals surface area (Å²) in [5.41, 5.74) is 6.76. The highest BCUT2D eigenvalue weighted by molar-refractivity contribution is 5.95. The van der Waals surface area contributed by atoms with Crippen LogP contribution < -0.4 is 20.7 Å². The molecule has 0 spiro atoms. The summed E-state index contributed by atoms with van der Waals surface area (Å²) in [5, 5.41) is 2.80. The molecular formula is C17H23N3O3. The minimum Gasteiger partial charge on any atom is -0.484 e. The summed E-state index contributed by atoms with van der Waals surface area (Å²) in [6.45, 7) is 1.19. The van der Waals surface area contributed by atoms with Crippen LogP contribution in [0.3, 0.4) is 0 Å². The zero-order valence-corrected chi connectivity index (χ0v) is 13.2. The van der Waals surface area contributed by atoms with Crippen LogP contribution in [-0.2, 0) is 9.59 Å². The Bertz CT molecular complexity index is 586. The Morgan fingerprint density at radius 2 is 2.26 bits per heavy atom. The minimum atomic E-state index is -0.177. The molecule has 23 heavy (non-hydrogen) atoms. The molecular weight excluding hydrogens is 294 g/mol. The van der Waals surface area contributed by atoms with Gasteiger partial charge in [0.05, 0.1) is 0 Å². The van der Waals surface area contributed by atoms with Gasteiger partial charge in [-0.1, -0.05) is 6.07 Å². The summed E-state index contributed by atoms with van der Waals surface area (Å²) in [6.07, 6.45) is 3.80. The predicted octanol–water partition coefficient (Wildman–Crippen LogP) is 1.05. The highest BCUT2D eigenvalue weighted by atomic mass is 16.5. The van der Waals surface area contributed by atoms with E-state index in [1.165, 1.54) is 0 Å². The second-order valence-electron chi connectivity index (χ2n) is 6.24. The molecule has 1 aromatic rings. The van der Waals surface area contributed by atoms with Crippen LogP contribution in [0.5, 0.6) is 5.75 Å². The molecule has 1 saturated heterocycles. The summed E-state index contributed by atoms with van der Waals surface area (Å²) in [5.74, 6) is 1.10. The van der Waals surface area contributed by atoms with Gasteiger partial charge in [-0.25, -0.2) is 0 Å². The number of hydrogen-bond donors (Lipinski definition) is 2. The summed E-state index contributed by atoms with van der Waals surface area (Å²) in [4.78, 5) is 25.3. The number of carbonyl (C=O) groups is 2. The predicted molar refractivity (Wildman–Crippen MR) is 87.2 cm³/mol.